The van der Waals surface area contributed by atoms with Crippen LogP contribution in [0.4, 0.5) is 5.69 Å². The molecule has 0 saturated heterocycles. The molecule has 4 nitrogen and oxygen atoms in total. The molecule has 1 N–H and O–H groups in total. The zero-order chi connectivity index (χ0) is 18.7. The summed E-state index contributed by atoms with van der Waals surface area (Å²) < 4.78 is 5.88. The summed E-state index contributed by atoms with van der Waals surface area (Å²) >= 11 is 7.21. The topological polar surface area (TPSA) is 51.2 Å². The van der Waals surface area contributed by atoms with Crippen molar-refractivity contribution in [3.8, 4) is 5.75 Å². The van der Waals surface area contributed by atoms with Gasteiger partial charge in [-0.25, -0.2) is 4.98 Å². The molecule has 0 aliphatic carbocycles. The van der Waals surface area contributed by atoms with E-state index in [1.807, 2.05) is 32.9 Å². The summed E-state index contributed by atoms with van der Waals surface area (Å²) in [4.78, 5) is 17.5. The highest BCUT2D eigenvalue weighted by molar-refractivity contribution is 7.13. The van der Waals surface area contributed by atoms with Crippen LogP contribution in [0.15, 0.2) is 42.5 Å². The Kier molecular flexibility index (Phi) is 5.59. The lowest BCUT2D eigenvalue weighted by atomic mass is 10.1. The molecule has 26 heavy (non-hydrogen) atoms. The van der Waals surface area contributed by atoms with Gasteiger partial charge in [0.2, 0.25) is 0 Å². The Morgan fingerprint density at radius 1 is 1.15 bits per heavy atom. The predicted molar refractivity (Wildman–Crippen MR) is 107 cm³/mol. The molecule has 0 radical (unpaired) electrons. The third-order valence-corrected chi connectivity index (χ3v) is 5.23. The Morgan fingerprint density at radius 2 is 1.88 bits per heavy atom. The van der Waals surface area contributed by atoms with E-state index >= 15 is 0 Å². The van der Waals surface area contributed by atoms with Crippen LogP contribution in [0.25, 0.3) is 0 Å². The maximum Gasteiger partial charge on any atom is 0.267 e. The van der Waals surface area contributed by atoms with Crippen molar-refractivity contribution in [2.75, 3.05) is 5.32 Å². The molecule has 0 aliphatic heterocycles. The molecule has 1 heterocycles. The van der Waals surface area contributed by atoms with E-state index in [2.05, 4.69) is 16.4 Å². The van der Waals surface area contributed by atoms with Gasteiger partial charge >= 0.3 is 0 Å². The van der Waals surface area contributed by atoms with Crippen molar-refractivity contribution in [2.24, 2.45) is 0 Å². The molecule has 0 aliphatic rings. The molecule has 0 fully saturated rings. The smallest absolute Gasteiger partial charge is 0.267 e. The first-order valence-electron chi connectivity index (χ1n) is 8.15. The maximum absolute atomic E-state index is 12.5. The van der Waals surface area contributed by atoms with E-state index < -0.39 is 0 Å². The van der Waals surface area contributed by atoms with Gasteiger partial charge in [-0.2, -0.15) is 0 Å². The Morgan fingerprint density at radius 3 is 2.62 bits per heavy atom. The fourth-order valence-corrected chi connectivity index (χ4v) is 3.45. The minimum atomic E-state index is -0.180. The molecular formula is C20H19ClN2O2S. The number of hydrogen-bond donors (Lipinski definition) is 1. The standard InChI is InChI=1S/C20H19ClN2O2S/c1-12-4-5-13(2)17(10-12)25-11-18-22-14(3)19(26-18)20(24)23-16-8-6-15(21)7-9-16/h4-10H,11H2,1-3H3,(H,23,24). The molecule has 134 valence electrons. The summed E-state index contributed by atoms with van der Waals surface area (Å²) in [7, 11) is 0. The van der Waals surface area contributed by atoms with Crippen molar-refractivity contribution < 1.29 is 9.53 Å². The van der Waals surface area contributed by atoms with E-state index in [4.69, 9.17) is 16.3 Å². The highest BCUT2D eigenvalue weighted by Gasteiger charge is 2.16. The number of aryl methyl sites for hydroxylation is 3. The summed E-state index contributed by atoms with van der Waals surface area (Å²) in [6.45, 7) is 6.20. The number of nitrogens with one attached hydrogen (secondary N) is 1. The zero-order valence-corrected chi connectivity index (χ0v) is 16.4. The van der Waals surface area contributed by atoms with Crippen molar-refractivity contribution in [3.05, 3.63) is 74.2 Å². The normalized spacial score (nSPS) is 10.6. The Bertz CT molecular complexity index is 935. The van der Waals surface area contributed by atoms with E-state index in [0.29, 0.717) is 27.9 Å². The second-order valence-corrected chi connectivity index (χ2v) is 7.56. The molecule has 0 saturated carbocycles. The van der Waals surface area contributed by atoms with Gasteiger partial charge in [0, 0.05) is 10.7 Å². The van der Waals surface area contributed by atoms with Crippen LogP contribution in [-0.4, -0.2) is 10.9 Å². The van der Waals surface area contributed by atoms with Crippen LogP contribution < -0.4 is 10.1 Å². The van der Waals surface area contributed by atoms with Gasteiger partial charge in [-0.05, 0) is 62.2 Å². The van der Waals surface area contributed by atoms with Crippen molar-refractivity contribution >= 4 is 34.5 Å². The van der Waals surface area contributed by atoms with Gasteiger partial charge in [-0.1, -0.05) is 23.7 Å². The van der Waals surface area contributed by atoms with Crippen LogP contribution >= 0.6 is 22.9 Å². The second kappa shape index (κ2) is 7.89. The number of aromatic nitrogens is 1. The summed E-state index contributed by atoms with van der Waals surface area (Å²) in [6.07, 6.45) is 0. The Hall–Kier alpha value is -2.37. The lowest BCUT2D eigenvalue weighted by Gasteiger charge is -2.08. The molecule has 0 unspecified atom stereocenters. The first kappa shape index (κ1) is 18.4. The van der Waals surface area contributed by atoms with Gasteiger partial charge in [-0.15, -0.1) is 11.3 Å². The number of rotatable bonds is 5. The van der Waals surface area contributed by atoms with E-state index in [0.717, 1.165) is 21.9 Å². The van der Waals surface area contributed by atoms with Gasteiger partial charge in [-0.3, -0.25) is 4.79 Å². The zero-order valence-electron chi connectivity index (χ0n) is 14.8. The van der Waals surface area contributed by atoms with Gasteiger partial charge in [0.1, 0.15) is 22.2 Å². The first-order valence-corrected chi connectivity index (χ1v) is 9.35. The largest absolute Gasteiger partial charge is 0.486 e. The van der Waals surface area contributed by atoms with Gasteiger partial charge in [0.25, 0.3) is 5.91 Å². The van der Waals surface area contributed by atoms with E-state index in [-0.39, 0.29) is 5.91 Å². The molecule has 6 heteroatoms. The van der Waals surface area contributed by atoms with Crippen LogP contribution in [0.3, 0.4) is 0 Å². The number of nitrogens with zero attached hydrogens (tertiary/aromatic N) is 1. The van der Waals surface area contributed by atoms with Crippen LogP contribution in [0, 0.1) is 20.8 Å². The van der Waals surface area contributed by atoms with Crippen molar-refractivity contribution in [1.82, 2.24) is 4.98 Å². The second-order valence-electron chi connectivity index (χ2n) is 6.04. The Labute approximate surface area is 161 Å². The number of ether oxygens (including phenoxy) is 1. The molecule has 1 aromatic heterocycles. The highest BCUT2D eigenvalue weighted by atomic mass is 35.5. The summed E-state index contributed by atoms with van der Waals surface area (Å²) in [5.74, 6) is 0.658. The molecule has 0 bridgehead atoms. The van der Waals surface area contributed by atoms with Crippen molar-refractivity contribution in [1.29, 1.82) is 0 Å². The van der Waals surface area contributed by atoms with Crippen molar-refractivity contribution in [2.45, 2.75) is 27.4 Å². The minimum absolute atomic E-state index is 0.180. The van der Waals surface area contributed by atoms with E-state index in [1.54, 1.807) is 24.3 Å². The van der Waals surface area contributed by atoms with Crippen LogP contribution in [0.1, 0.15) is 31.5 Å². The quantitative estimate of drug-likeness (QED) is 0.625. The van der Waals surface area contributed by atoms with Gasteiger partial charge in [0.15, 0.2) is 0 Å². The molecule has 3 aromatic rings. The summed E-state index contributed by atoms with van der Waals surface area (Å²) in [5, 5.41) is 4.26. The lowest BCUT2D eigenvalue weighted by Crippen LogP contribution is -2.11. The van der Waals surface area contributed by atoms with Crippen LogP contribution in [-0.2, 0) is 6.61 Å². The third-order valence-electron chi connectivity index (χ3n) is 3.84. The van der Waals surface area contributed by atoms with E-state index in [1.165, 1.54) is 11.3 Å². The molecule has 1 amide bonds. The number of carbonyl (C=O) groups is 1. The summed E-state index contributed by atoms with van der Waals surface area (Å²) in [5.41, 5.74) is 3.61. The highest BCUT2D eigenvalue weighted by Crippen LogP contribution is 2.24. The lowest BCUT2D eigenvalue weighted by molar-refractivity contribution is 0.103. The molecule has 2 aromatic carbocycles. The van der Waals surface area contributed by atoms with E-state index in [9.17, 15) is 4.79 Å². The average molecular weight is 387 g/mol. The number of amides is 1. The number of thiazole rings is 1. The number of benzene rings is 2. The monoisotopic (exact) mass is 386 g/mol. The number of hydrogen-bond acceptors (Lipinski definition) is 4. The average Bonchev–Trinajstić information content (AvgIpc) is 2.98. The van der Waals surface area contributed by atoms with Crippen molar-refractivity contribution in [3.63, 3.8) is 0 Å². The number of carbonyl (C=O) groups excluding carboxylic acids is 1. The Balaban J connectivity index is 1.69. The predicted octanol–water partition coefficient (Wildman–Crippen LogP) is 5.55. The molecule has 0 spiro atoms. The fourth-order valence-electron chi connectivity index (χ4n) is 2.45. The SMILES string of the molecule is Cc1ccc(C)c(OCc2nc(C)c(C(=O)Nc3ccc(Cl)cc3)s2)c1. The van der Waals surface area contributed by atoms with Crippen LogP contribution in [0.2, 0.25) is 5.02 Å². The minimum Gasteiger partial charge on any atom is -0.486 e. The fraction of sp³-hybridized carbons (Fsp3) is 0.200. The van der Waals surface area contributed by atoms with Gasteiger partial charge < -0.3 is 10.1 Å². The molecule has 0 atom stereocenters. The molecule has 3 rings (SSSR count). The molecular weight excluding hydrogens is 368 g/mol. The first-order chi connectivity index (χ1) is 12.4. The van der Waals surface area contributed by atoms with Crippen LogP contribution in [0.5, 0.6) is 5.75 Å². The number of halogens is 1. The third kappa shape index (κ3) is 4.42. The maximum atomic E-state index is 12.5. The summed E-state index contributed by atoms with van der Waals surface area (Å²) in [6, 6.07) is 13.1. The number of anilines is 1. The van der Waals surface area contributed by atoms with Gasteiger partial charge in [0.05, 0.1) is 5.69 Å².